The van der Waals surface area contributed by atoms with Gasteiger partial charge in [0, 0.05) is 42.4 Å². The Morgan fingerprint density at radius 1 is 1.25 bits per heavy atom. The minimum absolute atomic E-state index is 0.0403. The maximum Gasteiger partial charge on any atom is 0.277 e. The van der Waals surface area contributed by atoms with E-state index in [1.807, 2.05) is 0 Å². The van der Waals surface area contributed by atoms with Crippen molar-refractivity contribution in [2.24, 2.45) is 5.92 Å². The molecule has 2 aliphatic heterocycles. The van der Waals surface area contributed by atoms with Gasteiger partial charge in [-0.05, 0) is 18.9 Å². The third-order valence-electron chi connectivity index (χ3n) is 6.64. The Balaban J connectivity index is 1.53. The first-order valence-electron chi connectivity index (χ1n) is 10.4. The Labute approximate surface area is 181 Å². The van der Waals surface area contributed by atoms with E-state index in [4.69, 9.17) is 4.74 Å². The molecule has 1 aromatic heterocycles. The number of halogens is 2. The molecule has 2 aromatic rings. The molecule has 168 valence electrons. The topological polar surface area (TPSA) is 101 Å². The van der Waals surface area contributed by atoms with Crippen molar-refractivity contribution < 1.29 is 28.2 Å². The lowest BCUT2D eigenvalue weighted by atomic mass is 9.92. The van der Waals surface area contributed by atoms with Gasteiger partial charge in [0.25, 0.3) is 11.8 Å². The molecule has 1 aromatic carbocycles. The van der Waals surface area contributed by atoms with Crippen molar-refractivity contribution in [1.82, 2.24) is 14.8 Å². The number of carbonyl (C=O) groups excluding carboxylic acids is 2. The minimum Gasteiger partial charge on any atom is -0.503 e. The minimum atomic E-state index is -1.71. The molecule has 32 heavy (non-hydrogen) atoms. The van der Waals surface area contributed by atoms with Crippen LogP contribution in [0.1, 0.15) is 35.3 Å². The Morgan fingerprint density at radius 3 is 2.84 bits per heavy atom. The Kier molecular flexibility index (Phi) is 4.77. The first-order chi connectivity index (χ1) is 15.3. The van der Waals surface area contributed by atoms with Crippen LogP contribution in [0, 0.1) is 17.6 Å². The van der Waals surface area contributed by atoms with Crippen LogP contribution in [0.2, 0.25) is 0 Å². The second-order valence-electron chi connectivity index (χ2n) is 8.45. The maximum absolute atomic E-state index is 14.0. The number of nitrogens with zero attached hydrogens (tertiary/aromatic N) is 2. The van der Waals surface area contributed by atoms with E-state index in [1.54, 1.807) is 0 Å². The molecule has 2 fully saturated rings. The zero-order valence-electron chi connectivity index (χ0n) is 17.0. The highest BCUT2D eigenvalue weighted by atomic mass is 19.1. The van der Waals surface area contributed by atoms with Crippen molar-refractivity contribution >= 4 is 11.8 Å². The molecule has 5 rings (SSSR count). The summed E-state index contributed by atoms with van der Waals surface area (Å²) in [5.74, 6) is -3.46. The highest BCUT2D eigenvalue weighted by Crippen LogP contribution is 2.44. The van der Waals surface area contributed by atoms with Gasteiger partial charge in [0.2, 0.25) is 11.2 Å². The maximum atomic E-state index is 14.0. The highest BCUT2D eigenvalue weighted by molar-refractivity contribution is 6.01. The fourth-order valence-corrected chi connectivity index (χ4v) is 5.06. The lowest BCUT2D eigenvalue weighted by Crippen LogP contribution is -2.72. The molecule has 3 heterocycles. The van der Waals surface area contributed by atoms with Gasteiger partial charge in [-0.25, -0.2) is 8.78 Å². The first kappa shape index (κ1) is 20.6. The molecule has 8 nitrogen and oxygen atoms in total. The third kappa shape index (κ3) is 3.01. The number of fused-ring (bicyclic) bond motifs is 4. The summed E-state index contributed by atoms with van der Waals surface area (Å²) in [6.45, 7) is -0.0917. The predicted molar refractivity (Wildman–Crippen MR) is 107 cm³/mol. The van der Waals surface area contributed by atoms with Crippen LogP contribution < -0.4 is 10.7 Å². The van der Waals surface area contributed by atoms with Gasteiger partial charge >= 0.3 is 0 Å². The van der Waals surface area contributed by atoms with Gasteiger partial charge in [-0.1, -0.05) is 12.5 Å². The van der Waals surface area contributed by atoms with E-state index in [2.05, 4.69) is 5.32 Å². The lowest BCUT2D eigenvalue weighted by Gasteiger charge is -2.53. The fraction of sp³-hybridized carbons (Fsp3) is 0.409. The van der Waals surface area contributed by atoms with Gasteiger partial charge in [0.05, 0.1) is 13.2 Å². The summed E-state index contributed by atoms with van der Waals surface area (Å²) in [7, 11) is 0. The molecular weight excluding hydrogens is 424 g/mol. The average Bonchev–Trinajstić information content (AvgIpc) is 3.24. The molecule has 2 amide bonds. The van der Waals surface area contributed by atoms with Crippen molar-refractivity contribution in [2.75, 3.05) is 6.61 Å². The van der Waals surface area contributed by atoms with E-state index >= 15 is 0 Å². The van der Waals surface area contributed by atoms with Crippen molar-refractivity contribution in [3.05, 3.63) is 63.6 Å². The van der Waals surface area contributed by atoms with Crippen LogP contribution in [0.3, 0.4) is 0 Å². The van der Waals surface area contributed by atoms with Gasteiger partial charge < -0.3 is 19.7 Å². The SMILES string of the molecule is O=C1c2c(O)c(=O)ccn2CC2(C(=O)NCc3ccc(F)cc3F)OC[C@@H]3CCC[C@@H]3N12. The van der Waals surface area contributed by atoms with E-state index in [0.717, 1.165) is 31.0 Å². The number of pyridine rings is 1. The standard InChI is InChI=1S/C22H21F2N3O5/c23-14-5-4-12(15(24)8-14)9-25-21(31)22-11-26-7-6-17(28)19(29)18(26)20(30)27(22)16-3-1-2-13(16)10-32-22/h4-8,13,16,29H,1-3,9-11H2,(H,25,31)/t13-,16-,22?/m0/s1. The molecule has 1 unspecified atom stereocenters. The van der Waals surface area contributed by atoms with Crippen molar-refractivity contribution in [3.63, 3.8) is 0 Å². The summed E-state index contributed by atoms with van der Waals surface area (Å²) in [5.41, 5.74) is -2.50. The average molecular weight is 445 g/mol. The van der Waals surface area contributed by atoms with Crippen LogP contribution in [0.5, 0.6) is 5.75 Å². The monoisotopic (exact) mass is 445 g/mol. The summed E-state index contributed by atoms with van der Waals surface area (Å²) < 4.78 is 34.6. The molecule has 3 aliphatic rings. The number of aromatic nitrogens is 1. The van der Waals surface area contributed by atoms with Crippen molar-refractivity contribution in [2.45, 2.75) is 44.1 Å². The summed E-state index contributed by atoms with van der Waals surface area (Å²) in [6.07, 6.45) is 3.69. The number of nitrogens with one attached hydrogen (secondary N) is 1. The number of ether oxygens (including phenoxy) is 1. The van der Waals surface area contributed by atoms with Crippen LogP contribution in [-0.4, -0.2) is 44.8 Å². The fourth-order valence-electron chi connectivity index (χ4n) is 5.06. The number of hydrogen-bond acceptors (Lipinski definition) is 5. The molecular formula is C22H21F2N3O5. The highest BCUT2D eigenvalue weighted by Gasteiger charge is 2.59. The van der Waals surface area contributed by atoms with E-state index < -0.39 is 40.4 Å². The second-order valence-corrected chi connectivity index (χ2v) is 8.45. The smallest absolute Gasteiger partial charge is 0.277 e. The largest absolute Gasteiger partial charge is 0.503 e. The number of benzene rings is 1. The molecule has 1 saturated heterocycles. The van der Waals surface area contributed by atoms with Gasteiger partial charge in [-0.3, -0.25) is 19.3 Å². The molecule has 0 radical (unpaired) electrons. The van der Waals surface area contributed by atoms with Crippen LogP contribution >= 0.6 is 0 Å². The van der Waals surface area contributed by atoms with E-state index in [-0.39, 0.29) is 42.9 Å². The zero-order valence-corrected chi connectivity index (χ0v) is 17.0. The van der Waals surface area contributed by atoms with Gasteiger partial charge in [-0.2, -0.15) is 0 Å². The zero-order chi connectivity index (χ0) is 22.6. The van der Waals surface area contributed by atoms with E-state index in [9.17, 15) is 28.3 Å². The molecule has 0 bridgehead atoms. The van der Waals surface area contributed by atoms with Crippen LogP contribution in [0.4, 0.5) is 8.78 Å². The number of rotatable bonds is 3. The number of amides is 2. The Bertz CT molecular complexity index is 1180. The quantitative estimate of drug-likeness (QED) is 0.746. The molecule has 2 N–H and O–H groups in total. The number of carbonyl (C=O) groups is 2. The Hall–Kier alpha value is -3.27. The van der Waals surface area contributed by atoms with E-state index in [1.165, 1.54) is 21.7 Å². The van der Waals surface area contributed by atoms with Crippen molar-refractivity contribution in [3.8, 4) is 5.75 Å². The number of aromatic hydroxyl groups is 1. The summed E-state index contributed by atoms with van der Waals surface area (Å²) in [4.78, 5) is 40.2. The normalized spacial score (nSPS) is 26.3. The van der Waals surface area contributed by atoms with E-state index in [0.29, 0.717) is 6.42 Å². The molecule has 1 aliphatic carbocycles. The van der Waals surface area contributed by atoms with Crippen LogP contribution in [0.25, 0.3) is 0 Å². The third-order valence-corrected chi connectivity index (χ3v) is 6.64. The number of hydrogen-bond donors (Lipinski definition) is 2. The van der Waals surface area contributed by atoms with Gasteiger partial charge in [0.1, 0.15) is 11.6 Å². The molecule has 3 atom stereocenters. The lowest BCUT2D eigenvalue weighted by molar-refractivity contribution is -0.214. The second kappa shape index (κ2) is 7.40. The molecule has 1 saturated carbocycles. The Morgan fingerprint density at radius 2 is 2.06 bits per heavy atom. The summed E-state index contributed by atoms with van der Waals surface area (Å²) in [6, 6.07) is 3.88. The summed E-state index contributed by atoms with van der Waals surface area (Å²) >= 11 is 0. The first-order valence-corrected chi connectivity index (χ1v) is 10.4. The van der Waals surface area contributed by atoms with Crippen molar-refractivity contribution in [1.29, 1.82) is 0 Å². The molecule has 10 heteroatoms. The predicted octanol–water partition coefficient (Wildman–Crippen LogP) is 1.50. The summed E-state index contributed by atoms with van der Waals surface area (Å²) in [5, 5.41) is 12.9. The van der Waals surface area contributed by atoms with Crippen LogP contribution in [0.15, 0.2) is 35.3 Å². The van der Waals surface area contributed by atoms with Gasteiger partial charge in [0.15, 0.2) is 11.4 Å². The molecule has 0 spiro atoms. The van der Waals surface area contributed by atoms with Crippen LogP contribution in [-0.2, 0) is 22.6 Å². The van der Waals surface area contributed by atoms with Gasteiger partial charge in [-0.15, -0.1) is 0 Å².